The molecule has 1 aromatic carbocycles. The summed E-state index contributed by atoms with van der Waals surface area (Å²) in [5, 5.41) is 0. The largest absolute Gasteiger partial charge is 0.399 e. The summed E-state index contributed by atoms with van der Waals surface area (Å²) in [5.74, 6) is 0. The van der Waals surface area contributed by atoms with Gasteiger partial charge >= 0.3 is 0 Å². The lowest BCUT2D eigenvalue weighted by atomic mass is 10.1. The maximum Gasteiger partial charge on any atom is 0.0398 e. The molecule has 1 aliphatic rings. The Labute approximate surface area is 105 Å². The summed E-state index contributed by atoms with van der Waals surface area (Å²) in [6.45, 7) is 10.6. The van der Waals surface area contributed by atoms with Crippen LogP contribution in [-0.2, 0) is 0 Å². The van der Waals surface area contributed by atoms with Crippen LogP contribution in [0.3, 0.4) is 0 Å². The van der Waals surface area contributed by atoms with Crippen molar-refractivity contribution in [2.45, 2.75) is 20.8 Å². The quantitative estimate of drug-likeness (QED) is 0.758. The van der Waals surface area contributed by atoms with Crippen molar-refractivity contribution < 1.29 is 0 Å². The first-order valence-electron chi connectivity index (χ1n) is 6.46. The van der Waals surface area contributed by atoms with Gasteiger partial charge in [-0.25, -0.2) is 0 Å². The predicted molar refractivity (Wildman–Crippen MR) is 76.6 cm³/mol. The van der Waals surface area contributed by atoms with Gasteiger partial charge in [0, 0.05) is 37.6 Å². The predicted octanol–water partition coefficient (Wildman–Crippen LogP) is 2.36. The van der Waals surface area contributed by atoms with Gasteiger partial charge in [-0.05, 0) is 37.7 Å². The third kappa shape index (κ3) is 3.63. The lowest BCUT2D eigenvalue weighted by molar-refractivity contribution is 0.312. The van der Waals surface area contributed by atoms with E-state index in [0.717, 1.165) is 31.9 Å². The molecule has 3 heteroatoms. The molecule has 0 bridgehead atoms. The van der Waals surface area contributed by atoms with E-state index in [1.54, 1.807) is 0 Å². The van der Waals surface area contributed by atoms with Crippen LogP contribution in [0.1, 0.15) is 19.4 Å². The molecule has 0 aromatic heterocycles. The lowest BCUT2D eigenvalue weighted by Gasteiger charge is -2.35. The SMILES string of the molecule is CC.Cc1cc(N)ccc1N1CCN(C)CC1. The molecule has 0 amide bonds. The number of anilines is 2. The molecule has 1 fully saturated rings. The number of nitrogens with two attached hydrogens (primary N) is 1. The molecule has 0 saturated carbocycles. The van der Waals surface area contributed by atoms with Crippen molar-refractivity contribution in [3.05, 3.63) is 23.8 Å². The summed E-state index contributed by atoms with van der Waals surface area (Å²) in [6, 6.07) is 6.17. The highest BCUT2D eigenvalue weighted by molar-refractivity contribution is 5.59. The van der Waals surface area contributed by atoms with E-state index < -0.39 is 0 Å². The zero-order chi connectivity index (χ0) is 12.8. The number of piperazine rings is 1. The van der Waals surface area contributed by atoms with Crippen molar-refractivity contribution in [2.75, 3.05) is 43.9 Å². The van der Waals surface area contributed by atoms with Crippen LogP contribution in [0, 0.1) is 6.92 Å². The smallest absolute Gasteiger partial charge is 0.0398 e. The molecule has 0 atom stereocenters. The minimum Gasteiger partial charge on any atom is -0.399 e. The monoisotopic (exact) mass is 235 g/mol. The van der Waals surface area contributed by atoms with Crippen LogP contribution in [0.5, 0.6) is 0 Å². The standard InChI is InChI=1S/C12H19N3.C2H6/c1-10-9-11(13)3-4-12(10)15-7-5-14(2)6-8-15;1-2/h3-4,9H,5-8,13H2,1-2H3;1-2H3. The van der Waals surface area contributed by atoms with Crippen LogP contribution in [0.4, 0.5) is 11.4 Å². The topological polar surface area (TPSA) is 32.5 Å². The highest BCUT2D eigenvalue weighted by Crippen LogP contribution is 2.23. The molecule has 0 unspecified atom stereocenters. The maximum atomic E-state index is 5.75. The second-order valence-corrected chi connectivity index (χ2v) is 4.34. The Hall–Kier alpha value is -1.22. The molecule has 1 saturated heterocycles. The van der Waals surface area contributed by atoms with Gasteiger partial charge in [0.1, 0.15) is 0 Å². The van der Waals surface area contributed by atoms with E-state index in [1.165, 1.54) is 11.3 Å². The van der Waals surface area contributed by atoms with E-state index in [4.69, 9.17) is 5.73 Å². The van der Waals surface area contributed by atoms with Gasteiger partial charge in [-0.15, -0.1) is 0 Å². The molecule has 3 nitrogen and oxygen atoms in total. The zero-order valence-corrected chi connectivity index (χ0v) is 11.5. The van der Waals surface area contributed by atoms with Gasteiger partial charge in [0.15, 0.2) is 0 Å². The number of nitrogens with zero attached hydrogens (tertiary/aromatic N) is 2. The van der Waals surface area contributed by atoms with Crippen LogP contribution in [0.15, 0.2) is 18.2 Å². The first kappa shape index (κ1) is 13.8. The minimum atomic E-state index is 0.852. The molecular formula is C14H25N3. The second kappa shape index (κ2) is 6.50. The fourth-order valence-corrected chi connectivity index (χ4v) is 2.08. The first-order chi connectivity index (χ1) is 8.16. The van der Waals surface area contributed by atoms with Crippen LogP contribution in [-0.4, -0.2) is 38.1 Å². The Morgan fingerprint density at radius 1 is 1.06 bits per heavy atom. The van der Waals surface area contributed by atoms with E-state index in [0.29, 0.717) is 0 Å². The van der Waals surface area contributed by atoms with Gasteiger partial charge in [0.25, 0.3) is 0 Å². The summed E-state index contributed by atoms with van der Waals surface area (Å²) < 4.78 is 0. The Bertz CT molecular complexity index is 341. The summed E-state index contributed by atoms with van der Waals surface area (Å²) in [7, 11) is 2.17. The molecule has 1 aromatic rings. The molecule has 0 radical (unpaired) electrons. The van der Waals surface area contributed by atoms with E-state index in [2.05, 4.69) is 29.8 Å². The summed E-state index contributed by atoms with van der Waals surface area (Å²) in [6.07, 6.45) is 0. The third-order valence-corrected chi connectivity index (χ3v) is 3.06. The Morgan fingerprint density at radius 3 is 2.18 bits per heavy atom. The molecule has 1 aliphatic heterocycles. The number of aryl methyl sites for hydroxylation is 1. The summed E-state index contributed by atoms with van der Waals surface area (Å²) >= 11 is 0. The maximum absolute atomic E-state index is 5.75. The van der Waals surface area contributed by atoms with Gasteiger partial charge < -0.3 is 15.5 Å². The fraction of sp³-hybridized carbons (Fsp3) is 0.571. The number of nitrogen functional groups attached to an aromatic ring is 1. The van der Waals surface area contributed by atoms with Crippen LogP contribution in [0.25, 0.3) is 0 Å². The van der Waals surface area contributed by atoms with Crippen LogP contribution < -0.4 is 10.6 Å². The molecule has 17 heavy (non-hydrogen) atoms. The van der Waals surface area contributed by atoms with Gasteiger partial charge in [-0.2, -0.15) is 0 Å². The van der Waals surface area contributed by atoms with Crippen molar-refractivity contribution in [3.8, 4) is 0 Å². The van der Waals surface area contributed by atoms with Crippen LogP contribution >= 0.6 is 0 Å². The van der Waals surface area contributed by atoms with Crippen molar-refractivity contribution in [3.63, 3.8) is 0 Å². The van der Waals surface area contributed by atoms with E-state index in [1.807, 2.05) is 26.0 Å². The number of likely N-dealkylation sites (N-methyl/N-ethyl adjacent to an activating group) is 1. The number of rotatable bonds is 1. The highest BCUT2D eigenvalue weighted by Gasteiger charge is 2.15. The number of benzene rings is 1. The molecule has 1 heterocycles. The van der Waals surface area contributed by atoms with Gasteiger partial charge in [-0.3, -0.25) is 0 Å². The van der Waals surface area contributed by atoms with Crippen molar-refractivity contribution in [1.82, 2.24) is 4.90 Å². The van der Waals surface area contributed by atoms with Gasteiger partial charge in [0.2, 0.25) is 0 Å². The van der Waals surface area contributed by atoms with Crippen LogP contribution in [0.2, 0.25) is 0 Å². The van der Waals surface area contributed by atoms with E-state index >= 15 is 0 Å². The molecule has 0 spiro atoms. The molecule has 2 rings (SSSR count). The second-order valence-electron chi connectivity index (χ2n) is 4.34. The third-order valence-electron chi connectivity index (χ3n) is 3.06. The van der Waals surface area contributed by atoms with Crippen molar-refractivity contribution in [2.24, 2.45) is 0 Å². The Kier molecular flexibility index (Phi) is 5.29. The molecule has 2 N–H and O–H groups in total. The van der Waals surface area contributed by atoms with Crippen molar-refractivity contribution in [1.29, 1.82) is 0 Å². The lowest BCUT2D eigenvalue weighted by Crippen LogP contribution is -2.44. The molecule has 0 aliphatic carbocycles. The summed E-state index contributed by atoms with van der Waals surface area (Å²) in [5.41, 5.74) is 9.21. The van der Waals surface area contributed by atoms with E-state index in [9.17, 15) is 0 Å². The van der Waals surface area contributed by atoms with Crippen molar-refractivity contribution >= 4 is 11.4 Å². The average Bonchev–Trinajstić information content (AvgIpc) is 2.33. The Morgan fingerprint density at radius 2 is 1.65 bits per heavy atom. The Balaban J connectivity index is 0.000000686. The zero-order valence-electron chi connectivity index (χ0n) is 11.5. The number of hydrogen-bond acceptors (Lipinski definition) is 3. The molecular weight excluding hydrogens is 210 g/mol. The normalized spacial score (nSPS) is 16.4. The van der Waals surface area contributed by atoms with Gasteiger partial charge in [-0.1, -0.05) is 13.8 Å². The van der Waals surface area contributed by atoms with E-state index in [-0.39, 0.29) is 0 Å². The first-order valence-corrected chi connectivity index (χ1v) is 6.46. The average molecular weight is 235 g/mol. The fourth-order valence-electron chi connectivity index (χ4n) is 2.08. The van der Waals surface area contributed by atoms with Gasteiger partial charge in [0.05, 0.1) is 0 Å². The minimum absolute atomic E-state index is 0.852. The number of hydrogen-bond donors (Lipinski definition) is 1. The molecule has 96 valence electrons. The highest BCUT2D eigenvalue weighted by atomic mass is 15.2. The summed E-state index contributed by atoms with van der Waals surface area (Å²) in [4.78, 5) is 4.80.